The fraction of sp³-hybridized carbons (Fsp3) is 0.875. The molecule has 1 aliphatic rings. The van der Waals surface area contributed by atoms with Gasteiger partial charge in [-0.2, -0.15) is 0 Å². The van der Waals surface area contributed by atoms with Gasteiger partial charge in [0.25, 0.3) is 0 Å². The first-order chi connectivity index (χ1) is 7.62. The van der Waals surface area contributed by atoms with Crippen molar-refractivity contribution in [1.29, 1.82) is 0 Å². The minimum absolute atomic E-state index is 0.0108. The van der Waals surface area contributed by atoms with Crippen molar-refractivity contribution in [3.8, 4) is 0 Å². The molecule has 1 nitrogen and oxygen atoms in total. The normalized spacial score (nSPS) is 19.9. The fourth-order valence-corrected chi connectivity index (χ4v) is 1.84. The molecule has 0 aromatic heterocycles. The molecule has 0 N–H and O–H groups in total. The van der Waals surface area contributed by atoms with Crippen LogP contribution in [0.2, 0.25) is 0 Å². The van der Waals surface area contributed by atoms with E-state index in [1.807, 2.05) is 0 Å². The molecular formula is C16H30O. The van der Waals surface area contributed by atoms with Crippen LogP contribution in [0, 0.1) is 10.8 Å². The third-order valence-electron chi connectivity index (χ3n) is 3.23. The van der Waals surface area contributed by atoms with E-state index in [0.29, 0.717) is 10.8 Å². The molecule has 1 saturated carbocycles. The van der Waals surface area contributed by atoms with Gasteiger partial charge >= 0.3 is 0 Å². The number of hydrogen-bond donors (Lipinski definition) is 0. The minimum Gasteiger partial charge on any atom is -0.375 e. The average molecular weight is 238 g/mol. The predicted octanol–water partition coefficient (Wildman–Crippen LogP) is 4.96. The van der Waals surface area contributed by atoms with E-state index in [4.69, 9.17) is 4.74 Å². The Morgan fingerprint density at radius 3 is 2.06 bits per heavy atom. The number of hydrogen-bond acceptors (Lipinski definition) is 1. The second-order valence-corrected chi connectivity index (χ2v) is 7.71. The van der Waals surface area contributed by atoms with Gasteiger partial charge in [0.05, 0.1) is 12.2 Å². The Morgan fingerprint density at radius 2 is 1.65 bits per heavy atom. The summed E-state index contributed by atoms with van der Waals surface area (Å²) in [7, 11) is 0. The Morgan fingerprint density at radius 1 is 1.06 bits per heavy atom. The summed E-state index contributed by atoms with van der Waals surface area (Å²) in [5.74, 6) is 0. The fourth-order valence-electron chi connectivity index (χ4n) is 1.84. The highest BCUT2D eigenvalue weighted by Gasteiger charge is 2.42. The summed E-state index contributed by atoms with van der Waals surface area (Å²) < 4.78 is 5.93. The first kappa shape index (κ1) is 14.8. The zero-order valence-corrected chi connectivity index (χ0v) is 12.6. The van der Waals surface area contributed by atoms with E-state index < -0.39 is 0 Å². The molecule has 0 unspecified atom stereocenters. The molecule has 1 rings (SSSR count). The van der Waals surface area contributed by atoms with Crippen molar-refractivity contribution in [2.24, 2.45) is 10.8 Å². The van der Waals surface area contributed by atoms with E-state index >= 15 is 0 Å². The van der Waals surface area contributed by atoms with Gasteiger partial charge in [0.15, 0.2) is 0 Å². The van der Waals surface area contributed by atoms with Gasteiger partial charge in [-0.25, -0.2) is 0 Å². The van der Waals surface area contributed by atoms with Crippen LogP contribution in [0.4, 0.5) is 0 Å². The van der Waals surface area contributed by atoms with Crippen molar-refractivity contribution in [3.05, 3.63) is 12.2 Å². The molecule has 0 amide bonds. The zero-order chi connectivity index (χ0) is 13.2. The topological polar surface area (TPSA) is 9.23 Å². The quantitative estimate of drug-likeness (QED) is 0.615. The largest absolute Gasteiger partial charge is 0.375 e. The molecule has 0 heterocycles. The van der Waals surface area contributed by atoms with E-state index in [0.717, 1.165) is 6.61 Å². The molecule has 0 aromatic rings. The van der Waals surface area contributed by atoms with E-state index in [1.54, 1.807) is 0 Å². The van der Waals surface area contributed by atoms with Crippen LogP contribution >= 0.6 is 0 Å². The molecule has 0 bridgehead atoms. The summed E-state index contributed by atoms with van der Waals surface area (Å²) in [6, 6.07) is 0. The SMILES string of the molecule is CC(C)(C)/C=C/CCC1(COC(C)(C)C)CC1. The highest BCUT2D eigenvalue weighted by Crippen LogP contribution is 2.50. The Bertz CT molecular complexity index is 258. The van der Waals surface area contributed by atoms with Crippen LogP contribution in [-0.2, 0) is 4.74 Å². The van der Waals surface area contributed by atoms with Gasteiger partial charge in [-0.3, -0.25) is 0 Å². The third-order valence-corrected chi connectivity index (χ3v) is 3.23. The van der Waals surface area contributed by atoms with Crippen molar-refractivity contribution in [3.63, 3.8) is 0 Å². The van der Waals surface area contributed by atoms with Gasteiger partial charge < -0.3 is 4.74 Å². The lowest BCUT2D eigenvalue weighted by molar-refractivity contribution is -0.0292. The van der Waals surface area contributed by atoms with Crippen LogP contribution in [-0.4, -0.2) is 12.2 Å². The first-order valence-corrected chi connectivity index (χ1v) is 6.94. The molecule has 100 valence electrons. The molecule has 0 spiro atoms. The highest BCUT2D eigenvalue weighted by molar-refractivity contribution is 4.98. The number of ether oxygens (including phenoxy) is 1. The van der Waals surface area contributed by atoms with E-state index in [9.17, 15) is 0 Å². The maximum atomic E-state index is 5.93. The summed E-state index contributed by atoms with van der Waals surface area (Å²) in [6.07, 6.45) is 9.87. The standard InChI is InChI=1S/C16H30O/c1-14(2,3)9-7-8-10-16(11-12-16)13-17-15(4,5)6/h7,9H,8,10-13H2,1-6H3/b9-7+. The van der Waals surface area contributed by atoms with Crippen molar-refractivity contribution >= 4 is 0 Å². The number of rotatable bonds is 5. The first-order valence-electron chi connectivity index (χ1n) is 6.94. The second kappa shape index (κ2) is 5.14. The van der Waals surface area contributed by atoms with Gasteiger partial charge in [0.1, 0.15) is 0 Å². The molecule has 0 aliphatic heterocycles. The Hall–Kier alpha value is -0.300. The molecule has 1 heteroatoms. The van der Waals surface area contributed by atoms with Crippen LogP contribution in [0.1, 0.15) is 67.2 Å². The van der Waals surface area contributed by atoms with Gasteiger partial charge in [0.2, 0.25) is 0 Å². The smallest absolute Gasteiger partial charge is 0.0598 e. The van der Waals surface area contributed by atoms with Crippen LogP contribution < -0.4 is 0 Å². The summed E-state index contributed by atoms with van der Waals surface area (Å²) >= 11 is 0. The van der Waals surface area contributed by atoms with Crippen LogP contribution in [0.3, 0.4) is 0 Å². The molecule has 0 radical (unpaired) electrons. The third kappa shape index (κ3) is 6.88. The van der Waals surface area contributed by atoms with E-state index in [2.05, 4.69) is 53.7 Å². The minimum atomic E-state index is 0.0108. The maximum absolute atomic E-state index is 5.93. The highest BCUT2D eigenvalue weighted by atomic mass is 16.5. The summed E-state index contributed by atoms with van der Waals surface area (Å²) in [6.45, 7) is 14.1. The second-order valence-electron chi connectivity index (χ2n) is 7.71. The van der Waals surface area contributed by atoms with Gasteiger partial charge in [-0.1, -0.05) is 32.9 Å². The molecule has 0 saturated heterocycles. The maximum Gasteiger partial charge on any atom is 0.0598 e. The monoisotopic (exact) mass is 238 g/mol. The van der Waals surface area contributed by atoms with Crippen molar-refractivity contribution in [1.82, 2.24) is 0 Å². The van der Waals surface area contributed by atoms with E-state index in [1.165, 1.54) is 25.7 Å². The Labute approximate surface area is 108 Å². The Kier molecular flexibility index (Phi) is 4.46. The van der Waals surface area contributed by atoms with Gasteiger partial charge in [-0.05, 0) is 57.3 Å². The average Bonchev–Trinajstić information content (AvgIpc) is 2.88. The summed E-state index contributed by atoms with van der Waals surface area (Å²) in [4.78, 5) is 0. The molecule has 0 atom stereocenters. The molecule has 1 aliphatic carbocycles. The number of allylic oxidation sites excluding steroid dienone is 2. The van der Waals surface area contributed by atoms with Crippen LogP contribution in [0.15, 0.2) is 12.2 Å². The molecule has 1 fully saturated rings. The lowest BCUT2D eigenvalue weighted by Gasteiger charge is -2.24. The van der Waals surface area contributed by atoms with Gasteiger partial charge in [-0.15, -0.1) is 0 Å². The van der Waals surface area contributed by atoms with Gasteiger partial charge in [0, 0.05) is 0 Å². The summed E-state index contributed by atoms with van der Waals surface area (Å²) in [5, 5.41) is 0. The Balaban J connectivity index is 2.25. The predicted molar refractivity (Wildman–Crippen MR) is 75.2 cm³/mol. The molecule has 0 aromatic carbocycles. The summed E-state index contributed by atoms with van der Waals surface area (Å²) in [5.41, 5.74) is 0.838. The van der Waals surface area contributed by atoms with Crippen LogP contribution in [0.5, 0.6) is 0 Å². The van der Waals surface area contributed by atoms with Crippen LogP contribution in [0.25, 0.3) is 0 Å². The lowest BCUT2D eigenvalue weighted by atomic mass is 9.94. The van der Waals surface area contributed by atoms with E-state index in [-0.39, 0.29) is 5.60 Å². The zero-order valence-electron chi connectivity index (χ0n) is 12.6. The lowest BCUT2D eigenvalue weighted by Crippen LogP contribution is -2.24. The van der Waals surface area contributed by atoms with Crippen molar-refractivity contribution in [2.45, 2.75) is 72.8 Å². The van der Waals surface area contributed by atoms with Crippen molar-refractivity contribution in [2.75, 3.05) is 6.61 Å². The molecular weight excluding hydrogens is 208 g/mol. The molecule has 17 heavy (non-hydrogen) atoms. The van der Waals surface area contributed by atoms with Crippen molar-refractivity contribution < 1.29 is 4.74 Å².